The van der Waals surface area contributed by atoms with Gasteiger partial charge in [-0.05, 0) is 55.8 Å². The number of aromatic nitrogens is 1. The first kappa shape index (κ1) is 19.3. The number of hydrogen-bond donors (Lipinski definition) is 1. The highest BCUT2D eigenvalue weighted by Crippen LogP contribution is 2.20. The number of hydrogen-bond acceptors (Lipinski definition) is 5. The van der Waals surface area contributed by atoms with E-state index >= 15 is 0 Å². The van der Waals surface area contributed by atoms with E-state index in [1.807, 2.05) is 37.3 Å². The van der Waals surface area contributed by atoms with Crippen LogP contribution in [-0.2, 0) is 4.79 Å². The zero-order chi connectivity index (χ0) is 20.1. The number of hydrazone groups is 1. The number of pyridine rings is 1. The Balaban J connectivity index is 1.63. The van der Waals surface area contributed by atoms with Crippen molar-refractivity contribution in [3.63, 3.8) is 0 Å². The van der Waals surface area contributed by atoms with E-state index in [1.54, 1.807) is 31.2 Å². The van der Waals surface area contributed by atoms with Crippen molar-refractivity contribution in [3.05, 3.63) is 70.4 Å². The van der Waals surface area contributed by atoms with Crippen LogP contribution in [0.5, 0.6) is 5.75 Å². The van der Waals surface area contributed by atoms with Gasteiger partial charge in [0.1, 0.15) is 10.9 Å². The van der Waals surface area contributed by atoms with Crippen molar-refractivity contribution in [1.82, 2.24) is 10.4 Å². The average molecular weight is 393 g/mol. The molecule has 2 aromatic carbocycles. The van der Waals surface area contributed by atoms with Crippen LogP contribution in [0.1, 0.15) is 23.6 Å². The molecule has 1 unspecified atom stereocenters. The minimum absolute atomic E-state index is 0.304. The van der Waals surface area contributed by atoms with Crippen molar-refractivity contribution in [3.8, 4) is 11.8 Å². The molecule has 3 rings (SSSR count). The number of carbonyl (C=O) groups excluding carboxylic acids is 1. The SMILES string of the molecule is Cc1ccc2cc(/C=N/NC(=O)C(C)Oc3ccc(C#N)cc3)c(Cl)nc2c1. The van der Waals surface area contributed by atoms with E-state index in [2.05, 4.69) is 15.5 Å². The Bertz CT molecular complexity index is 1090. The molecule has 0 aliphatic heterocycles. The number of nitrogens with zero attached hydrogens (tertiary/aromatic N) is 3. The number of fused-ring (bicyclic) bond motifs is 1. The minimum Gasteiger partial charge on any atom is -0.481 e. The summed E-state index contributed by atoms with van der Waals surface area (Å²) in [5, 5.41) is 14.0. The predicted molar refractivity (Wildman–Crippen MR) is 108 cm³/mol. The Labute approximate surface area is 167 Å². The van der Waals surface area contributed by atoms with Crippen molar-refractivity contribution in [2.75, 3.05) is 0 Å². The highest BCUT2D eigenvalue weighted by atomic mass is 35.5. The number of nitrogens with one attached hydrogen (secondary N) is 1. The Morgan fingerprint density at radius 1 is 1.29 bits per heavy atom. The van der Waals surface area contributed by atoms with Crippen LogP contribution in [0, 0.1) is 18.3 Å². The highest BCUT2D eigenvalue weighted by Gasteiger charge is 2.14. The van der Waals surface area contributed by atoms with Crippen molar-refractivity contribution >= 4 is 34.6 Å². The number of halogens is 1. The van der Waals surface area contributed by atoms with Gasteiger partial charge >= 0.3 is 0 Å². The number of aryl methyl sites for hydroxylation is 1. The summed E-state index contributed by atoms with van der Waals surface area (Å²) >= 11 is 6.20. The molecule has 0 spiro atoms. The standard InChI is InChI=1S/C21H17ClN4O2/c1-13-3-6-16-10-17(20(22)25-19(16)9-13)12-24-26-21(27)14(2)28-18-7-4-15(11-23)5-8-18/h3-10,12,14H,1-2H3,(H,26,27)/b24-12+. The summed E-state index contributed by atoms with van der Waals surface area (Å²) in [5.41, 5.74) is 5.44. The van der Waals surface area contributed by atoms with Gasteiger partial charge in [0.05, 0.1) is 23.4 Å². The van der Waals surface area contributed by atoms with Gasteiger partial charge in [0.15, 0.2) is 6.10 Å². The van der Waals surface area contributed by atoms with Gasteiger partial charge in [-0.1, -0.05) is 23.7 Å². The van der Waals surface area contributed by atoms with Gasteiger partial charge in [-0.15, -0.1) is 0 Å². The van der Waals surface area contributed by atoms with Crippen molar-refractivity contribution in [2.45, 2.75) is 20.0 Å². The van der Waals surface area contributed by atoms with Gasteiger partial charge < -0.3 is 4.74 Å². The molecule has 1 aromatic heterocycles. The third-order valence-corrected chi connectivity index (χ3v) is 4.30. The fourth-order valence-electron chi connectivity index (χ4n) is 2.48. The molecule has 28 heavy (non-hydrogen) atoms. The zero-order valence-corrected chi connectivity index (χ0v) is 16.1. The second-order valence-corrected chi connectivity index (χ2v) is 6.55. The summed E-state index contributed by atoms with van der Waals surface area (Å²) < 4.78 is 5.54. The summed E-state index contributed by atoms with van der Waals surface area (Å²) in [5.74, 6) is 0.0730. The second kappa shape index (κ2) is 8.51. The predicted octanol–water partition coefficient (Wildman–Crippen LogP) is 3.99. The molecular weight excluding hydrogens is 376 g/mol. The van der Waals surface area contributed by atoms with Crippen molar-refractivity contribution in [1.29, 1.82) is 5.26 Å². The highest BCUT2D eigenvalue weighted by molar-refractivity contribution is 6.32. The first-order chi connectivity index (χ1) is 13.5. The average Bonchev–Trinajstić information content (AvgIpc) is 2.69. The largest absolute Gasteiger partial charge is 0.481 e. The first-order valence-corrected chi connectivity index (χ1v) is 8.90. The maximum absolute atomic E-state index is 12.1. The second-order valence-electron chi connectivity index (χ2n) is 6.20. The van der Waals surface area contributed by atoms with Crippen LogP contribution in [0.25, 0.3) is 10.9 Å². The molecule has 0 aliphatic rings. The molecule has 0 saturated carbocycles. The molecule has 6 nitrogen and oxygen atoms in total. The van der Waals surface area contributed by atoms with Gasteiger partial charge in [-0.3, -0.25) is 4.79 Å². The van der Waals surface area contributed by atoms with E-state index in [0.717, 1.165) is 16.5 Å². The van der Waals surface area contributed by atoms with E-state index in [0.29, 0.717) is 22.0 Å². The summed E-state index contributed by atoms with van der Waals surface area (Å²) in [7, 11) is 0. The maximum Gasteiger partial charge on any atom is 0.280 e. The first-order valence-electron chi connectivity index (χ1n) is 8.53. The molecule has 1 heterocycles. The lowest BCUT2D eigenvalue weighted by atomic mass is 10.1. The normalized spacial score (nSPS) is 11.9. The van der Waals surface area contributed by atoms with Crippen LogP contribution in [0.3, 0.4) is 0 Å². The third kappa shape index (κ3) is 4.64. The van der Waals surface area contributed by atoms with E-state index in [4.69, 9.17) is 21.6 Å². The quantitative estimate of drug-likeness (QED) is 0.404. The molecule has 140 valence electrons. The van der Waals surface area contributed by atoms with Gasteiger partial charge in [0.25, 0.3) is 5.91 Å². The number of ether oxygens (including phenoxy) is 1. The molecular formula is C21H17ClN4O2. The van der Waals surface area contributed by atoms with E-state index in [1.165, 1.54) is 6.21 Å². The Hall–Kier alpha value is -3.43. The molecule has 1 atom stereocenters. The molecule has 0 radical (unpaired) electrons. The number of carbonyl (C=O) groups is 1. The van der Waals surface area contributed by atoms with E-state index < -0.39 is 12.0 Å². The van der Waals surface area contributed by atoms with Crippen LogP contribution < -0.4 is 10.2 Å². The summed E-state index contributed by atoms with van der Waals surface area (Å²) in [4.78, 5) is 16.5. The number of nitriles is 1. The maximum atomic E-state index is 12.1. The van der Waals surface area contributed by atoms with Crippen molar-refractivity contribution in [2.24, 2.45) is 5.10 Å². The monoisotopic (exact) mass is 392 g/mol. The molecule has 1 N–H and O–H groups in total. The zero-order valence-electron chi connectivity index (χ0n) is 15.3. The van der Waals surface area contributed by atoms with Crippen molar-refractivity contribution < 1.29 is 9.53 Å². The van der Waals surface area contributed by atoms with Gasteiger partial charge in [0, 0.05) is 10.9 Å². The van der Waals surface area contributed by atoms with Crippen LogP contribution in [0.15, 0.2) is 53.6 Å². The Morgan fingerprint density at radius 3 is 2.75 bits per heavy atom. The molecule has 0 saturated heterocycles. The lowest BCUT2D eigenvalue weighted by Gasteiger charge is -2.12. The third-order valence-electron chi connectivity index (χ3n) is 4.00. The van der Waals surface area contributed by atoms with E-state index in [-0.39, 0.29) is 0 Å². The lowest BCUT2D eigenvalue weighted by Crippen LogP contribution is -2.33. The molecule has 1 amide bonds. The van der Waals surface area contributed by atoms with Crippen LogP contribution in [-0.4, -0.2) is 23.2 Å². The van der Waals surface area contributed by atoms with Gasteiger partial charge in [-0.2, -0.15) is 10.4 Å². The summed E-state index contributed by atoms with van der Waals surface area (Å²) in [6.45, 7) is 3.59. The molecule has 3 aromatic rings. The molecule has 7 heteroatoms. The van der Waals surface area contributed by atoms with E-state index in [9.17, 15) is 4.79 Å². The molecule has 0 bridgehead atoms. The Morgan fingerprint density at radius 2 is 2.04 bits per heavy atom. The lowest BCUT2D eigenvalue weighted by molar-refractivity contribution is -0.127. The fraction of sp³-hybridized carbons (Fsp3) is 0.143. The fourth-order valence-corrected chi connectivity index (χ4v) is 2.68. The number of amides is 1. The van der Waals surface area contributed by atoms with Crippen LogP contribution in [0.4, 0.5) is 0 Å². The summed E-state index contributed by atoms with van der Waals surface area (Å²) in [6.07, 6.45) is 0.680. The number of benzene rings is 2. The van der Waals surface area contributed by atoms with Gasteiger partial charge in [-0.25, -0.2) is 10.4 Å². The number of rotatable bonds is 5. The minimum atomic E-state index is -0.765. The molecule has 0 aliphatic carbocycles. The Kier molecular flexibility index (Phi) is 5.87. The van der Waals surface area contributed by atoms with Crippen LogP contribution >= 0.6 is 11.6 Å². The molecule has 0 fully saturated rings. The topological polar surface area (TPSA) is 87.4 Å². The van der Waals surface area contributed by atoms with Gasteiger partial charge in [0.2, 0.25) is 0 Å². The smallest absolute Gasteiger partial charge is 0.280 e. The summed E-state index contributed by atoms with van der Waals surface area (Å²) in [6, 6.07) is 16.3. The van der Waals surface area contributed by atoms with Crippen LogP contribution in [0.2, 0.25) is 5.15 Å².